The molecule has 1 aromatic rings. The van der Waals surface area contributed by atoms with E-state index in [1.54, 1.807) is 11.1 Å². The van der Waals surface area contributed by atoms with E-state index in [-0.39, 0.29) is 0 Å². The Kier molecular flexibility index (Phi) is 1.88. The van der Waals surface area contributed by atoms with E-state index in [1.165, 1.54) is 43.2 Å². The molecule has 0 radical (unpaired) electrons. The predicted molar refractivity (Wildman–Crippen MR) is 68.5 cm³/mol. The summed E-state index contributed by atoms with van der Waals surface area (Å²) in [5, 5.41) is 0. The summed E-state index contributed by atoms with van der Waals surface area (Å²) in [6.45, 7) is 2.49. The van der Waals surface area contributed by atoms with Crippen LogP contribution in [-0.4, -0.2) is 17.5 Å². The van der Waals surface area contributed by atoms with Crippen molar-refractivity contribution in [1.29, 1.82) is 0 Å². The van der Waals surface area contributed by atoms with Crippen LogP contribution in [0.3, 0.4) is 0 Å². The van der Waals surface area contributed by atoms with E-state index in [1.807, 2.05) is 0 Å². The fourth-order valence-corrected chi connectivity index (χ4v) is 4.12. The van der Waals surface area contributed by atoms with Crippen LogP contribution in [0.5, 0.6) is 0 Å². The fraction of sp³-hybridized carbons (Fsp3) is 0.571. The predicted octanol–water partition coefficient (Wildman–Crippen LogP) is 3.46. The molecule has 1 aliphatic heterocycles. The van der Waals surface area contributed by atoms with E-state index in [0.29, 0.717) is 5.41 Å². The van der Waals surface area contributed by atoms with Gasteiger partial charge in [0.2, 0.25) is 0 Å². The Balaban J connectivity index is 1.81. The summed E-state index contributed by atoms with van der Waals surface area (Å²) >= 11 is 3.75. The number of hydrogen-bond donors (Lipinski definition) is 0. The Morgan fingerprint density at radius 2 is 2.06 bits per heavy atom. The van der Waals surface area contributed by atoms with Crippen LogP contribution in [0.2, 0.25) is 0 Å². The summed E-state index contributed by atoms with van der Waals surface area (Å²) in [5.41, 5.74) is 3.73. The molecule has 4 rings (SSSR count). The average molecular weight is 278 g/mol. The molecule has 3 aliphatic rings. The Morgan fingerprint density at radius 3 is 2.75 bits per heavy atom. The Labute approximate surface area is 105 Å². The summed E-state index contributed by atoms with van der Waals surface area (Å²) in [7, 11) is 0. The van der Waals surface area contributed by atoms with E-state index < -0.39 is 0 Å². The first kappa shape index (κ1) is 9.67. The van der Waals surface area contributed by atoms with Crippen molar-refractivity contribution in [2.75, 3.05) is 6.54 Å². The minimum Gasteiger partial charge on any atom is -0.295 e. The number of fused-ring (bicyclic) bond motifs is 2. The SMILES string of the molecule is Brc1cccc2c1C1(CC1)CN(C1CC1)C2. The number of benzene rings is 1. The van der Waals surface area contributed by atoms with Crippen LogP contribution in [0, 0.1) is 0 Å². The van der Waals surface area contributed by atoms with Crippen molar-refractivity contribution < 1.29 is 0 Å². The van der Waals surface area contributed by atoms with Gasteiger partial charge in [0, 0.05) is 29.0 Å². The molecular weight excluding hydrogens is 262 g/mol. The van der Waals surface area contributed by atoms with E-state index in [9.17, 15) is 0 Å². The van der Waals surface area contributed by atoms with Gasteiger partial charge in [-0.2, -0.15) is 0 Å². The van der Waals surface area contributed by atoms with Crippen LogP contribution in [0.15, 0.2) is 22.7 Å². The molecule has 1 heterocycles. The molecule has 0 amide bonds. The van der Waals surface area contributed by atoms with Crippen LogP contribution in [0.25, 0.3) is 0 Å². The second-order valence-electron chi connectivity index (χ2n) is 5.69. The maximum absolute atomic E-state index is 3.75. The lowest BCUT2D eigenvalue weighted by molar-refractivity contribution is 0.211. The summed E-state index contributed by atoms with van der Waals surface area (Å²) in [6, 6.07) is 7.64. The van der Waals surface area contributed by atoms with Crippen molar-refractivity contribution in [2.24, 2.45) is 0 Å². The lowest BCUT2D eigenvalue weighted by Gasteiger charge is -2.36. The third-order valence-electron chi connectivity index (χ3n) is 4.43. The van der Waals surface area contributed by atoms with Crippen molar-refractivity contribution in [3.05, 3.63) is 33.8 Å². The molecule has 1 spiro atoms. The van der Waals surface area contributed by atoms with Crippen molar-refractivity contribution in [2.45, 2.75) is 43.7 Å². The molecule has 0 aromatic heterocycles. The molecule has 0 unspecified atom stereocenters. The zero-order chi connectivity index (χ0) is 10.8. The molecule has 0 bridgehead atoms. The monoisotopic (exact) mass is 277 g/mol. The zero-order valence-corrected chi connectivity index (χ0v) is 11.0. The standard InChI is InChI=1S/C14H16BrN/c15-12-3-1-2-10-8-16(11-4-5-11)9-14(6-7-14)13(10)12/h1-3,11H,4-9H2. The van der Waals surface area contributed by atoms with Crippen molar-refractivity contribution in [3.8, 4) is 0 Å². The first-order chi connectivity index (χ1) is 7.78. The van der Waals surface area contributed by atoms with E-state index in [0.717, 1.165) is 6.04 Å². The third-order valence-corrected chi connectivity index (χ3v) is 5.09. The maximum atomic E-state index is 3.75. The van der Waals surface area contributed by atoms with Gasteiger partial charge < -0.3 is 0 Å². The normalized spacial score (nSPS) is 26.8. The van der Waals surface area contributed by atoms with Gasteiger partial charge in [0.15, 0.2) is 0 Å². The highest BCUT2D eigenvalue weighted by Crippen LogP contribution is 2.55. The maximum Gasteiger partial charge on any atom is 0.0240 e. The van der Waals surface area contributed by atoms with Crippen molar-refractivity contribution in [1.82, 2.24) is 4.90 Å². The van der Waals surface area contributed by atoms with Crippen LogP contribution in [-0.2, 0) is 12.0 Å². The summed E-state index contributed by atoms with van der Waals surface area (Å²) < 4.78 is 1.35. The number of rotatable bonds is 1. The smallest absolute Gasteiger partial charge is 0.0240 e. The minimum atomic E-state index is 0.524. The number of hydrogen-bond acceptors (Lipinski definition) is 1. The molecule has 2 fully saturated rings. The van der Waals surface area contributed by atoms with E-state index >= 15 is 0 Å². The van der Waals surface area contributed by atoms with Gasteiger partial charge in [0.05, 0.1) is 0 Å². The topological polar surface area (TPSA) is 3.24 Å². The third kappa shape index (κ3) is 1.32. The Morgan fingerprint density at radius 1 is 1.25 bits per heavy atom. The molecule has 1 nitrogen and oxygen atoms in total. The molecule has 2 heteroatoms. The quantitative estimate of drug-likeness (QED) is 0.760. The Bertz CT molecular complexity index is 446. The molecule has 1 aromatic carbocycles. The highest BCUT2D eigenvalue weighted by atomic mass is 79.9. The Hall–Kier alpha value is -0.340. The lowest BCUT2D eigenvalue weighted by atomic mass is 9.87. The second-order valence-corrected chi connectivity index (χ2v) is 6.54. The first-order valence-electron chi connectivity index (χ1n) is 6.30. The molecule has 2 aliphatic carbocycles. The van der Waals surface area contributed by atoms with Crippen LogP contribution in [0.4, 0.5) is 0 Å². The molecule has 84 valence electrons. The van der Waals surface area contributed by atoms with Gasteiger partial charge in [0.25, 0.3) is 0 Å². The van der Waals surface area contributed by atoms with Gasteiger partial charge in [-0.1, -0.05) is 28.1 Å². The van der Waals surface area contributed by atoms with Gasteiger partial charge in [-0.3, -0.25) is 4.90 Å². The summed E-state index contributed by atoms with van der Waals surface area (Å²) in [5.74, 6) is 0. The lowest BCUT2D eigenvalue weighted by Crippen LogP contribution is -2.39. The highest BCUT2D eigenvalue weighted by Gasteiger charge is 2.51. The number of halogens is 1. The molecule has 16 heavy (non-hydrogen) atoms. The first-order valence-corrected chi connectivity index (χ1v) is 7.10. The molecule has 0 atom stereocenters. The fourth-order valence-electron chi connectivity index (χ4n) is 3.29. The van der Waals surface area contributed by atoms with Crippen LogP contribution in [0.1, 0.15) is 36.8 Å². The van der Waals surface area contributed by atoms with E-state index in [4.69, 9.17) is 0 Å². The average Bonchev–Trinajstić information content (AvgIpc) is 3.10. The van der Waals surface area contributed by atoms with Gasteiger partial charge in [-0.05, 0) is 42.9 Å². The van der Waals surface area contributed by atoms with Crippen LogP contribution >= 0.6 is 15.9 Å². The molecule has 0 N–H and O–H groups in total. The van der Waals surface area contributed by atoms with Gasteiger partial charge in [-0.15, -0.1) is 0 Å². The molecule has 2 saturated carbocycles. The number of nitrogens with zero attached hydrogens (tertiary/aromatic N) is 1. The van der Waals surface area contributed by atoms with Crippen LogP contribution < -0.4 is 0 Å². The molecule has 0 saturated heterocycles. The minimum absolute atomic E-state index is 0.524. The van der Waals surface area contributed by atoms with Gasteiger partial charge in [0.1, 0.15) is 0 Å². The zero-order valence-electron chi connectivity index (χ0n) is 9.38. The van der Waals surface area contributed by atoms with Crippen molar-refractivity contribution >= 4 is 15.9 Å². The van der Waals surface area contributed by atoms with Crippen molar-refractivity contribution in [3.63, 3.8) is 0 Å². The highest BCUT2D eigenvalue weighted by molar-refractivity contribution is 9.10. The summed E-state index contributed by atoms with van der Waals surface area (Å²) in [6.07, 6.45) is 5.65. The van der Waals surface area contributed by atoms with Gasteiger partial charge in [-0.25, -0.2) is 0 Å². The van der Waals surface area contributed by atoms with E-state index in [2.05, 4.69) is 39.0 Å². The second kappa shape index (κ2) is 3.11. The summed E-state index contributed by atoms with van der Waals surface area (Å²) in [4.78, 5) is 2.72. The largest absolute Gasteiger partial charge is 0.295 e. The molecular formula is C14H16BrN. The van der Waals surface area contributed by atoms with Gasteiger partial charge >= 0.3 is 0 Å².